The third-order valence-corrected chi connectivity index (χ3v) is 4.31. The Morgan fingerprint density at radius 2 is 1.75 bits per heavy atom. The number of halogens is 1. The molecule has 0 saturated heterocycles. The van der Waals surface area contributed by atoms with Gasteiger partial charge in [-0.1, -0.05) is 11.6 Å². The molecule has 0 heterocycles. The standard InChI is InChI=1S/C15H20ClN3O/c16-13-6-11(17)5-12(15(18)20)14(13)19(7-9-1-2-9)8-10-3-4-10/h5-6,9-10H,1-4,7-8,17H2,(H2,18,20). The fraction of sp³-hybridized carbons (Fsp3) is 0.533. The van der Waals surface area contributed by atoms with Crippen LogP contribution >= 0.6 is 11.6 Å². The first kappa shape index (κ1) is 13.6. The van der Waals surface area contributed by atoms with Crippen molar-refractivity contribution in [2.75, 3.05) is 23.7 Å². The van der Waals surface area contributed by atoms with E-state index in [2.05, 4.69) is 4.90 Å². The highest BCUT2D eigenvalue weighted by Crippen LogP contribution is 2.40. The van der Waals surface area contributed by atoms with Crippen LogP contribution in [0.1, 0.15) is 36.0 Å². The number of nitrogens with two attached hydrogens (primary N) is 2. The molecule has 2 aliphatic rings. The van der Waals surface area contributed by atoms with Gasteiger partial charge in [0.15, 0.2) is 0 Å². The van der Waals surface area contributed by atoms with Gasteiger partial charge in [0, 0.05) is 18.8 Å². The zero-order valence-electron chi connectivity index (χ0n) is 11.4. The number of anilines is 2. The third kappa shape index (κ3) is 3.01. The minimum absolute atomic E-state index is 0.441. The van der Waals surface area contributed by atoms with Gasteiger partial charge in [0.1, 0.15) is 0 Å². The van der Waals surface area contributed by atoms with Crippen LogP contribution in [0.5, 0.6) is 0 Å². The maximum Gasteiger partial charge on any atom is 0.250 e. The van der Waals surface area contributed by atoms with E-state index in [-0.39, 0.29) is 0 Å². The van der Waals surface area contributed by atoms with E-state index in [0.717, 1.165) is 30.6 Å². The molecule has 108 valence electrons. The van der Waals surface area contributed by atoms with Crippen molar-refractivity contribution in [2.24, 2.45) is 17.6 Å². The predicted octanol–water partition coefficient (Wildman–Crippen LogP) is 2.65. The molecule has 3 rings (SSSR count). The van der Waals surface area contributed by atoms with Crippen LogP contribution in [-0.4, -0.2) is 19.0 Å². The fourth-order valence-corrected chi connectivity index (χ4v) is 2.96. The number of hydrogen-bond acceptors (Lipinski definition) is 3. The Balaban J connectivity index is 1.96. The highest BCUT2D eigenvalue weighted by Gasteiger charge is 2.31. The Morgan fingerprint density at radius 1 is 1.20 bits per heavy atom. The molecule has 0 unspecified atom stereocenters. The summed E-state index contributed by atoms with van der Waals surface area (Å²) < 4.78 is 0. The monoisotopic (exact) mass is 293 g/mol. The number of benzene rings is 1. The van der Waals surface area contributed by atoms with E-state index in [1.807, 2.05) is 0 Å². The second-order valence-corrected chi connectivity index (χ2v) is 6.46. The predicted molar refractivity (Wildman–Crippen MR) is 82.0 cm³/mol. The van der Waals surface area contributed by atoms with Crippen LogP contribution in [-0.2, 0) is 0 Å². The quantitative estimate of drug-likeness (QED) is 0.792. The Kier molecular flexibility index (Phi) is 3.50. The first-order valence-corrected chi connectivity index (χ1v) is 7.56. The molecule has 0 bridgehead atoms. The Morgan fingerprint density at radius 3 is 2.20 bits per heavy atom. The van der Waals surface area contributed by atoms with Gasteiger partial charge >= 0.3 is 0 Å². The van der Waals surface area contributed by atoms with Crippen molar-refractivity contribution in [1.29, 1.82) is 0 Å². The summed E-state index contributed by atoms with van der Waals surface area (Å²) in [5.74, 6) is 0.983. The highest BCUT2D eigenvalue weighted by molar-refractivity contribution is 6.34. The number of rotatable bonds is 6. The van der Waals surface area contributed by atoms with Gasteiger partial charge in [-0.05, 0) is 49.7 Å². The molecule has 1 amide bonds. The van der Waals surface area contributed by atoms with Gasteiger partial charge in [-0.3, -0.25) is 4.79 Å². The number of amides is 1. The van der Waals surface area contributed by atoms with E-state index in [9.17, 15) is 4.79 Å². The molecule has 4 nitrogen and oxygen atoms in total. The summed E-state index contributed by atoms with van der Waals surface area (Å²) in [6.07, 6.45) is 5.05. The molecule has 2 fully saturated rings. The smallest absolute Gasteiger partial charge is 0.250 e. The molecule has 20 heavy (non-hydrogen) atoms. The lowest BCUT2D eigenvalue weighted by atomic mass is 10.1. The van der Waals surface area contributed by atoms with Crippen molar-refractivity contribution in [3.05, 3.63) is 22.7 Å². The molecule has 5 heteroatoms. The van der Waals surface area contributed by atoms with Gasteiger partial charge in [0.2, 0.25) is 0 Å². The third-order valence-electron chi connectivity index (χ3n) is 4.02. The van der Waals surface area contributed by atoms with E-state index in [4.69, 9.17) is 23.1 Å². The normalized spacial score (nSPS) is 18.1. The van der Waals surface area contributed by atoms with Crippen molar-refractivity contribution in [3.63, 3.8) is 0 Å². The minimum Gasteiger partial charge on any atom is -0.399 e. The summed E-state index contributed by atoms with van der Waals surface area (Å²) in [5, 5.41) is 0.528. The Hall–Kier alpha value is -1.42. The van der Waals surface area contributed by atoms with E-state index in [1.165, 1.54) is 25.7 Å². The van der Waals surface area contributed by atoms with Crippen LogP contribution in [0, 0.1) is 11.8 Å². The molecule has 0 atom stereocenters. The maximum atomic E-state index is 11.7. The molecule has 0 aromatic heterocycles. The lowest BCUT2D eigenvalue weighted by molar-refractivity contribution is 0.100. The van der Waals surface area contributed by atoms with Gasteiger partial charge in [-0.15, -0.1) is 0 Å². The SMILES string of the molecule is NC(=O)c1cc(N)cc(Cl)c1N(CC1CC1)CC1CC1. The Bertz CT molecular complexity index is 524. The first-order chi connectivity index (χ1) is 9.54. The van der Waals surface area contributed by atoms with Gasteiger partial charge in [0.05, 0.1) is 16.3 Å². The van der Waals surface area contributed by atoms with Crippen molar-refractivity contribution >= 4 is 28.9 Å². The van der Waals surface area contributed by atoms with Crippen LogP contribution in [0.15, 0.2) is 12.1 Å². The fourth-order valence-electron chi connectivity index (χ4n) is 2.61. The van der Waals surface area contributed by atoms with Crippen molar-refractivity contribution in [1.82, 2.24) is 0 Å². The number of carbonyl (C=O) groups is 1. The number of nitrogens with zero attached hydrogens (tertiary/aromatic N) is 1. The molecular weight excluding hydrogens is 274 g/mol. The summed E-state index contributed by atoms with van der Waals surface area (Å²) in [6, 6.07) is 3.34. The molecule has 0 spiro atoms. The second-order valence-electron chi connectivity index (χ2n) is 6.05. The van der Waals surface area contributed by atoms with Crippen molar-refractivity contribution in [3.8, 4) is 0 Å². The largest absolute Gasteiger partial charge is 0.399 e. The summed E-state index contributed by atoms with van der Waals surface area (Å²) in [6.45, 7) is 1.92. The molecule has 2 aliphatic carbocycles. The van der Waals surface area contributed by atoms with Crippen LogP contribution in [0.2, 0.25) is 5.02 Å². The summed E-state index contributed by atoms with van der Waals surface area (Å²) in [7, 11) is 0. The van der Waals surface area contributed by atoms with Crippen LogP contribution in [0.25, 0.3) is 0 Å². The highest BCUT2D eigenvalue weighted by atomic mass is 35.5. The topological polar surface area (TPSA) is 72.3 Å². The average molecular weight is 294 g/mol. The summed E-state index contributed by atoms with van der Waals surface area (Å²) in [5.41, 5.74) is 13.0. The van der Waals surface area contributed by atoms with Gasteiger partial charge in [0.25, 0.3) is 5.91 Å². The van der Waals surface area contributed by atoms with Gasteiger partial charge < -0.3 is 16.4 Å². The number of hydrogen-bond donors (Lipinski definition) is 2. The molecule has 1 aromatic rings. The zero-order valence-corrected chi connectivity index (χ0v) is 12.2. The molecular formula is C15H20ClN3O. The number of carbonyl (C=O) groups excluding carboxylic acids is 1. The number of nitrogen functional groups attached to an aromatic ring is 1. The van der Waals surface area contributed by atoms with Crippen LogP contribution < -0.4 is 16.4 Å². The molecule has 1 aromatic carbocycles. The lowest BCUT2D eigenvalue weighted by Gasteiger charge is -2.28. The first-order valence-electron chi connectivity index (χ1n) is 7.18. The van der Waals surface area contributed by atoms with E-state index in [0.29, 0.717) is 16.3 Å². The number of primary amides is 1. The van der Waals surface area contributed by atoms with E-state index in [1.54, 1.807) is 12.1 Å². The molecule has 0 aliphatic heterocycles. The van der Waals surface area contributed by atoms with Gasteiger partial charge in [-0.2, -0.15) is 0 Å². The van der Waals surface area contributed by atoms with Crippen molar-refractivity contribution in [2.45, 2.75) is 25.7 Å². The lowest BCUT2D eigenvalue weighted by Crippen LogP contribution is -2.31. The Labute approximate surface area is 124 Å². The van der Waals surface area contributed by atoms with Crippen LogP contribution in [0.3, 0.4) is 0 Å². The van der Waals surface area contributed by atoms with Crippen molar-refractivity contribution < 1.29 is 4.79 Å². The molecule has 2 saturated carbocycles. The molecule has 4 N–H and O–H groups in total. The summed E-state index contributed by atoms with van der Waals surface area (Å²) >= 11 is 6.35. The summed E-state index contributed by atoms with van der Waals surface area (Å²) in [4.78, 5) is 14.0. The van der Waals surface area contributed by atoms with E-state index >= 15 is 0 Å². The minimum atomic E-state index is -0.467. The van der Waals surface area contributed by atoms with E-state index < -0.39 is 5.91 Å². The second kappa shape index (κ2) is 5.17. The average Bonchev–Trinajstić information content (AvgIpc) is 3.22. The zero-order chi connectivity index (χ0) is 14.3. The van der Waals surface area contributed by atoms with Gasteiger partial charge in [-0.25, -0.2) is 0 Å². The maximum absolute atomic E-state index is 11.7. The van der Waals surface area contributed by atoms with Crippen LogP contribution in [0.4, 0.5) is 11.4 Å². The molecule has 0 radical (unpaired) electrons.